The molecule has 0 radical (unpaired) electrons. The summed E-state index contributed by atoms with van der Waals surface area (Å²) in [5.41, 5.74) is 0.986. The maximum Gasteiger partial charge on any atom is 0.490 e. The van der Waals surface area contributed by atoms with E-state index in [1.54, 1.807) is 24.5 Å². The minimum absolute atomic E-state index is 0.0530. The first-order valence-corrected chi connectivity index (χ1v) is 9.77. The van der Waals surface area contributed by atoms with E-state index in [4.69, 9.17) is 19.4 Å². The van der Waals surface area contributed by atoms with Gasteiger partial charge in [0.15, 0.2) is 0 Å². The third kappa shape index (κ3) is 5.93. The van der Waals surface area contributed by atoms with E-state index in [1.807, 2.05) is 11.8 Å². The van der Waals surface area contributed by atoms with Crippen LogP contribution < -0.4 is 4.74 Å². The Balaban J connectivity index is 0.000000360. The third-order valence-electron chi connectivity index (χ3n) is 4.98. The molecule has 0 saturated carbocycles. The third-order valence-corrected chi connectivity index (χ3v) is 4.98. The summed E-state index contributed by atoms with van der Waals surface area (Å²) in [6.07, 6.45) is 0.691. The number of aliphatic carboxylic acids is 1. The zero-order valence-corrected chi connectivity index (χ0v) is 17.1. The number of carbonyl (C=O) groups excluding carboxylic acids is 1. The van der Waals surface area contributed by atoms with E-state index in [-0.39, 0.29) is 17.6 Å². The number of H-pyrrole nitrogens is 1. The molecule has 2 aromatic rings. The van der Waals surface area contributed by atoms with E-state index in [2.05, 4.69) is 20.2 Å². The van der Waals surface area contributed by atoms with E-state index in [1.165, 1.54) is 0 Å². The number of carboxylic acids is 1. The molecule has 174 valence electrons. The fourth-order valence-electron chi connectivity index (χ4n) is 3.62. The summed E-state index contributed by atoms with van der Waals surface area (Å²) in [5, 5.41) is 14.0. The number of piperidine rings is 1. The van der Waals surface area contributed by atoms with Crippen LogP contribution in [-0.2, 0) is 9.53 Å². The van der Waals surface area contributed by atoms with Crippen molar-refractivity contribution in [1.82, 2.24) is 25.1 Å². The van der Waals surface area contributed by atoms with Crippen LogP contribution in [0.4, 0.5) is 13.2 Å². The predicted octanol–water partition coefficient (Wildman–Crippen LogP) is 1.98. The highest BCUT2D eigenvalue weighted by Gasteiger charge is 2.46. The lowest BCUT2D eigenvalue weighted by Crippen LogP contribution is -2.50. The molecule has 1 amide bonds. The van der Waals surface area contributed by atoms with Crippen LogP contribution in [0, 0.1) is 6.92 Å². The van der Waals surface area contributed by atoms with Crippen LogP contribution in [-0.4, -0.2) is 79.6 Å². The number of carbonyl (C=O) groups is 2. The molecule has 10 nitrogen and oxygen atoms in total. The van der Waals surface area contributed by atoms with Crippen LogP contribution in [0.3, 0.4) is 0 Å². The van der Waals surface area contributed by atoms with Crippen LogP contribution in [0.15, 0.2) is 24.5 Å². The van der Waals surface area contributed by atoms with Crippen LogP contribution in [0.25, 0.3) is 0 Å². The van der Waals surface area contributed by atoms with Crippen LogP contribution in [0.2, 0.25) is 0 Å². The number of aromatic amines is 1. The maximum atomic E-state index is 12.7. The van der Waals surface area contributed by atoms with Crippen molar-refractivity contribution in [2.75, 3.05) is 19.7 Å². The van der Waals surface area contributed by atoms with Crippen molar-refractivity contribution in [2.24, 2.45) is 0 Å². The molecule has 2 fully saturated rings. The van der Waals surface area contributed by atoms with Crippen molar-refractivity contribution in [3.05, 3.63) is 35.9 Å². The van der Waals surface area contributed by atoms with Gasteiger partial charge in [-0.05, 0) is 31.9 Å². The Hall–Kier alpha value is -3.22. The zero-order chi connectivity index (χ0) is 23.4. The summed E-state index contributed by atoms with van der Waals surface area (Å²) in [7, 11) is 0. The molecule has 2 N–H and O–H groups in total. The Kier molecular flexibility index (Phi) is 6.96. The number of aryl methyl sites for hydroxylation is 1. The summed E-state index contributed by atoms with van der Waals surface area (Å²) in [6, 6.07) is 3.89. The highest BCUT2D eigenvalue weighted by Crippen LogP contribution is 2.36. The lowest BCUT2D eigenvalue weighted by molar-refractivity contribution is -0.192. The molecule has 2 aliphatic heterocycles. The number of likely N-dealkylation sites (tertiary alicyclic amines) is 1. The first-order valence-electron chi connectivity index (χ1n) is 9.77. The molecular formula is C19H22F3N5O5. The maximum absolute atomic E-state index is 12.7. The molecule has 2 aromatic heterocycles. The second kappa shape index (κ2) is 9.51. The molecule has 4 rings (SSSR count). The van der Waals surface area contributed by atoms with Crippen molar-refractivity contribution >= 4 is 11.9 Å². The molecule has 0 bridgehead atoms. The average molecular weight is 457 g/mol. The van der Waals surface area contributed by atoms with Crippen LogP contribution in [0.5, 0.6) is 6.01 Å². The summed E-state index contributed by atoms with van der Waals surface area (Å²) < 4.78 is 43.6. The smallest absolute Gasteiger partial charge is 0.475 e. The minimum Gasteiger partial charge on any atom is -0.475 e. The number of hydrogen-bond acceptors (Lipinski definition) is 7. The average Bonchev–Trinajstić information content (AvgIpc) is 3.34. The molecule has 2 atom stereocenters. The zero-order valence-electron chi connectivity index (χ0n) is 17.1. The normalized spacial score (nSPS) is 22.9. The Bertz CT molecular complexity index is 939. The molecule has 2 unspecified atom stereocenters. The molecule has 4 heterocycles. The number of alkyl halides is 3. The summed E-state index contributed by atoms with van der Waals surface area (Å²) in [6.45, 7) is 3.66. The van der Waals surface area contributed by atoms with Gasteiger partial charge in [-0.1, -0.05) is 0 Å². The Morgan fingerprint density at radius 3 is 2.62 bits per heavy atom. The molecule has 1 spiro atoms. The van der Waals surface area contributed by atoms with E-state index >= 15 is 0 Å². The molecule has 13 heteroatoms. The second-order valence-electron chi connectivity index (χ2n) is 7.54. The number of ether oxygens (including phenoxy) is 2. The predicted molar refractivity (Wildman–Crippen MR) is 102 cm³/mol. The molecule has 32 heavy (non-hydrogen) atoms. The molecule has 0 aliphatic carbocycles. The van der Waals surface area contributed by atoms with Crippen molar-refractivity contribution in [1.29, 1.82) is 0 Å². The molecule has 0 aromatic carbocycles. The van der Waals surface area contributed by atoms with Gasteiger partial charge in [-0.15, -0.1) is 0 Å². The number of nitrogens with zero attached hydrogens (tertiary/aromatic N) is 4. The summed E-state index contributed by atoms with van der Waals surface area (Å²) in [4.78, 5) is 31.6. The molecule has 2 saturated heterocycles. The lowest BCUT2D eigenvalue weighted by atomic mass is 9.89. The van der Waals surface area contributed by atoms with Gasteiger partial charge in [-0.3, -0.25) is 9.89 Å². The molecule has 2 aliphatic rings. The first kappa shape index (κ1) is 23.4. The van der Waals surface area contributed by atoms with Gasteiger partial charge in [0.1, 0.15) is 11.8 Å². The van der Waals surface area contributed by atoms with Gasteiger partial charge < -0.3 is 19.5 Å². The van der Waals surface area contributed by atoms with Crippen molar-refractivity contribution in [3.63, 3.8) is 0 Å². The van der Waals surface area contributed by atoms with Gasteiger partial charge in [0.25, 0.3) is 5.91 Å². The van der Waals surface area contributed by atoms with Gasteiger partial charge in [-0.25, -0.2) is 14.8 Å². The first-order chi connectivity index (χ1) is 15.1. The van der Waals surface area contributed by atoms with Crippen LogP contribution in [0.1, 0.15) is 35.4 Å². The largest absolute Gasteiger partial charge is 0.490 e. The number of aromatic nitrogens is 4. The van der Waals surface area contributed by atoms with Crippen molar-refractivity contribution in [3.8, 4) is 6.01 Å². The number of hydrogen-bond donors (Lipinski definition) is 2. The van der Waals surface area contributed by atoms with Gasteiger partial charge in [0, 0.05) is 31.1 Å². The Morgan fingerprint density at radius 1 is 1.34 bits per heavy atom. The standard InChI is InChI=1S/C17H21N5O3.C2HF3O2/c1-12-8-14(21-20-12)15(23)22-7-2-4-17(11-22)9-13(10-24-17)25-16-18-5-3-6-19-16;3-2(4,5)1(6)7/h3,5-6,8,13H,2,4,7,9-11H2,1H3,(H,20,21);(H,6,7). The number of amides is 1. The lowest BCUT2D eigenvalue weighted by Gasteiger charge is -2.39. The fraction of sp³-hybridized carbons (Fsp3) is 0.526. The SMILES string of the molecule is Cc1cc(C(=O)N2CCCC3(CC(Oc4ncccn4)CO3)C2)n[nH]1.O=C(O)C(F)(F)F. The quantitative estimate of drug-likeness (QED) is 0.716. The van der Waals surface area contributed by atoms with E-state index in [0.717, 1.165) is 31.5 Å². The Labute approximate surface area is 180 Å². The minimum atomic E-state index is -5.08. The van der Waals surface area contributed by atoms with Crippen molar-refractivity contribution in [2.45, 2.75) is 44.1 Å². The van der Waals surface area contributed by atoms with Gasteiger partial charge >= 0.3 is 18.2 Å². The van der Waals surface area contributed by atoms with Gasteiger partial charge in [0.05, 0.1) is 18.8 Å². The number of carboxylic acid groups (broad SMARTS) is 1. The van der Waals surface area contributed by atoms with E-state index in [9.17, 15) is 18.0 Å². The van der Waals surface area contributed by atoms with Gasteiger partial charge in [-0.2, -0.15) is 18.3 Å². The van der Waals surface area contributed by atoms with E-state index < -0.39 is 12.1 Å². The highest BCUT2D eigenvalue weighted by atomic mass is 19.4. The van der Waals surface area contributed by atoms with Crippen LogP contribution >= 0.6 is 0 Å². The summed E-state index contributed by atoms with van der Waals surface area (Å²) in [5.74, 6) is -2.81. The topological polar surface area (TPSA) is 131 Å². The highest BCUT2D eigenvalue weighted by molar-refractivity contribution is 5.92. The van der Waals surface area contributed by atoms with E-state index in [0.29, 0.717) is 24.9 Å². The Morgan fingerprint density at radius 2 is 2.03 bits per heavy atom. The van der Waals surface area contributed by atoms with Gasteiger partial charge in [0.2, 0.25) is 0 Å². The second-order valence-corrected chi connectivity index (χ2v) is 7.54. The number of halogens is 3. The monoisotopic (exact) mass is 457 g/mol. The molecular weight excluding hydrogens is 435 g/mol. The number of rotatable bonds is 3. The van der Waals surface area contributed by atoms with Crippen molar-refractivity contribution < 1.29 is 37.3 Å². The number of nitrogens with one attached hydrogen (secondary N) is 1. The fourth-order valence-corrected chi connectivity index (χ4v) is 3.62. The summed E-state index contributed by atoms with van der Waals surface area (Å²) >= 11 is 0.